The van der Waals surface area contributed by atoms with E-state index in [2.05, 4.69) is 62.5 Å². The van der Waals surface area contributed by atoms with Crippen molar-refractivity contribution in [2.75, 3.05) is 7.05 Å². The summed E-state index contributed by atoms with van der Waals surface area (Å²) in [5.74, 6) is 0.563. The molecular formula is C16H21NS. The molecule has 1 aromatic carbocycles. The number of rotatable bonds is 4. The Morgan fingerprint density at radius 3 is 2.39 bits per heavy atom. The molecule has 0 saturated heterocycles. The van der Waals surface area contributed by atoms with Crippen molar-refractivity contribution in [3.05, 3.63) is 46.8 Å². The van der Waals surface area contributed by atoms with Gasteiger partial charge < -0.3 is 5.32 Å². The van der Waals surface area contributed by atoms with Crippen molar-refractivity contribution >= 4 is 11.3 Å². The lowest BCUT2D eigenvalue weighted by Gasteiger charge is -2.11. The molecule has 2 aromatic rings. The molecule has 0 saturated carbocycles. The van der Waals surface area contributed by atoms with Gasteiger partial charge in [0.2, 0.25) is 0 Å². The molecule has 0 spiro atoms. The van der Waals surface area contributed by atoms with Crippen LogP contribution in [0.5, 0.6) is 0 Å². The lowest BCUT2D eigenvalue weighted by Crippen LogP contribution is -2.10. The molecule has 18 heavy (non-hydrogen) atoms. The van der Waals surface area contributed by atoms with Crippen LogP contribution in [0.25, 0.3) is 10.4 Å². The first-order chi connectivity index (χ1) is 8.63. The Labute approximate surface area is 114 Å². The Hall–Kier alpha value is -1.12. The minimum absolute atomic E-state index is 0.426. The first-order valence-electron chi connectivity index (χ1n) is 6.49. The van der Waals surface area contributed by atoms with Crippen LogP contribution in [0.1, 0.15) is 43.2 Å². The number of hydrogen-bond donors (Lipinski definition) is 1. The van der Waals surface area contributed by atoms with Gasteiger partial charge in [-0.3, -0.25) is 0 Å². The van der Waals surface area contributed by atoms with E-state index in [1.165, 1.54) is 20.9 Å². The van der Waals surface area contributed by atoms with Crippen molar-refractivity contribution in [2.24, 2.45) is 0 Å². The lowest BCUT2D eigenvalue weighted by molar-refractivity contribution is 0.664. The van der Waals surface area contributed by atoms with Crippen LogP contribution in [-0.2, 0) is 0 Å². The normalized spacial score (nSPS) is 12.9. The van der Waals surface area contributed by atoms with Crippen molar-refractivity contribution in [3.63, 3.8) is 0 Å². The van der Waals surface area contributed by atoms with E-state index < -0.39 is 0 Å². The highest BCUT2D eigenvalue weighted by molar-refractivity contribution is 7.15. The number of hydrogen-bond acceptors (Lipinski definition) is 2. The Kier molecular flexibility index (Phi) is 4.20. The smallest absolute Gasteiger partial charge is 0.0383 e. The summed E-state index contributed by atoms with van der Waals surface area (Å²) in [4.78, 5) is 2.77. The van der Waals surface area contributed by atoms with Crippen molar-refractivity contribution in [1.82, 2.24) is 5.32 Å². The molecule has 0 fully saturated rings. The minimum atomic E-state index is 0.426. The Morgan fingerprint density at radius 1 is 1.00 bits per heavy atom. The van der Waals surface area contributed by atoms with E-state index in [0.717, 1.165) is 0 Å². The topological polar surface area (TPSA) is 12.0 Å². The number of nitrogens with one attached hydrogen (secondary N) is 1. The first-order valence-corrected chi connectivity index (χ1v) is 7.31. The van der Waals surface area contributed by atoms with Crippen LogP contribution in [0.4, 0.5) is 0 Å². The molecule has 0 bridgehead atoms. The second-order valence-electron chi connectivity index (χ2n) is 4.95. The third-order valence-electron chi connectivity index (χ3n) is 3.33. The monoisotopic (exact) mass is 259 g/mol. The van der Waals surface area contributed by atoms with Gasteiger partial charge in [-0.05, 0) is 43.1 Å². The molecule has 1 N–H and O–H groups in total. The van der Waals surface area contributed by atoms with Crippen LogP contribution in [-0.4, -0.2) is 7.05 Å². The van der Waals surface area contributed by atoms with Crippen LogP contribution in [0, 0.1) is 0 Å². The van der Waals surface area contributed by atoms with Crippen LogP contribution in [0.3, 0.4) is 0 Å². The van der Waals surface area contributed by atoms with E-state index >= 15 is 0 Å². The molecule has 1 nitrogen and oxygen atoms in total. The highest BCUT2D eigenvalue weighted by Gasteiger charge is 2.12. The maximum atomic E-state index is 3.29. The van der Waals surface area contributed by atoms with E-state index in [4.69, 9.17) is 0 Å². The van der Waals surface area contributed by atoms with E-state index in [1.807, 2.05) is 18.4 Å². The van der Waals surface area contributed by atoms with Crippen LogP contribution in [0.2, 0.25) is 0 Å². The zero-order valence-electron chi connectivity index (χ0n) is 11.5. The molecular weight excluding hydrogens is 238 g/mol. The van der Waals surface area contributed by atoms with Gasteiger partial charge in [-0.1, -0.05) is 38.1 Å². The Balaban J connectivity index is 2.40. The summed E-state index contributed by atoms with van der Waals surface area (Å²) in [5, 5.41) is 3.29. The summed E-state index contributed by atoms with van der Waals surface area (Å²) < 4.78 is 0. The van der Waals surface area contributed by atoms with Crippen molar-refractivity contribution in [3.8, 4) is 10.4 Å². The Morgan fingerprint density at radius 2 is 1.72 bits per heavy atom. The average Bonchev–Trinajstić information content (AvgIpc) is 2.87. The largest absolute Gasteiger partial charge is 0.313 e. The van der Waals surface area contributed by atoms with Gasteiger partial charge in [-0.15, -0.1) is 11.3 Å². The van der Waals surface area contributed by atoms with E-state index in [-0.39, 0.29) is 0 Å². The molecule has 0 aliphatic rings. The molecule has 1 atom stereocenters. The van der Waals surface area contributed by atoms with Gasteiger partial charge in [-0.2, -0.15) is 0 Å². The summed E-state index contributed by atoms with van der Waals surface area (Å²) in [7, 11) is 2.01. The molecule has 1 heterocycles. The quantitative estimate of drug-likeness (QED) is 0.830. The van der Waals surface area contributed by atoms with E-state index in [9.17, 15) is 0 Å². The minimum Gasteiger partial charge on any atom is -0.313 e. The molecule has 1 unspecified atom stereocenters. The zero-order valence-corrected chi connectivity index (χ0v) is 12.3. The molecule has 2 rings (SSSR count). The Bertz CT molecular complexity index is 513. The molecule has 0 radical (unpaired) electrons. The van der Waals surface area contributed by atoms with Crippen LogP contribution >= 0.6 is 11.3 Å². The molecule has 2 heteroatoms. The summed E-state index contributed by atoms with van der Waals surface area (Å²) in [6.07, 6.45) is 0. The fourth-order valence-corrected chi connectivity index (χ4v) is 3.21. The maximum Gasteiger partial charge on any atom is 0.0383 e. The van der Waals surface area contributed by atoms with Gasteiger partial charge in [0.05, 0.1) is 0 Å². The predicted molar refractivity (Wildman–Crippen MR) is 81.3 cm³/mol. The maximum absolute atomic E-state index is 3.29. The van der Waals surface area contributed by atoms with Crippen LogP contribution in [0.15, 0.2) is 36.4 Å². The van der Waals surface area contributed by atoms with Gasteiger partial charge in [0.1, 0.15) is 0 Å². The molecule has 96 valence electrons. The van der Waals surface area contributed by atoms with Crippen molar-refractivity contribution in [2.45, 2.75) is 32.7 Å². The van der Waals surface area contributed by atoms with Crippen molar-refractivity contribution < 1.29 is 0 Å². The lowest BCUT2D eigenvalue weighted by atomic mass is 9.96. The second-order valence-corrected chi connectivity index (χ2v) is 6.07. The van der Waals surface area contributed by atoms with Gasteiger partial charge in [0.25, 0.3) is 0 Å². The fraction of sp³-hybridized carbons (Fsp3) is 0.375. The van der Waals surface area contributed by atoms with E-state index in [0.29, 0.717) is 12.0 Å². The fourth-order valence-electron chi connectivity index (χ4n) is 2.10. The molecule has 0 aliphatic heterocycles. The standard InChI is InChI=1S/C16H21NS/c1-11(2)13-7-5-6-8-14(13)16-10-9-15(18-16)12(3)17-4/h5-12,17H,1-4H3. The predicted octanol–water partition coefficient (Wildman–Crippen LogP) is 4.82. The highest BCUT2D eigenvalue weighted by Crippen LogP contribution is 2.35. The summed E-state index contributed by atoms with van der Waals surface area (Å²) in [6, 6.07) is 13.6. The summed E-state index contributed by atoms with van der Waals surface area (Å²) in [5.41, 5.74) is 2.81. The highest BCUT2D eigenvalue weighted by atomic mass is 32.1. The van der Waals surface area contributed by atoms with Crippen molar-refractivity contribution in [1.29, 1.82) is 0 Å². The molecule has 1 aromatic heterocycles. The first kappa shape index (κ1) is 13.3. The van der Waals surface area contributed by atoms with Gasteiger partial charge in [-0.25, -0.2) is 0 Å². The number of benzene rings is 1. The molecule has 0 aliphatic carbocycles. The third-order valence-corrected chi connectivity index (χ3v) is 4.64. The third kappa shape index (κ3) is 2.65. The molecule has 0 amide bonds. The van der Waals surface area contributed by atoms with Gasteiger partial charge in [0.15, 0.2) is 0 Å². The SMILES string of the molecule is CNC(C)c1ccc(-c2ccccc2C(C)C)s1. The number of thiophene rings is 1. The second kappa shape index (κ2) is 5.68. The van der Waals surface area contributed by atoms with Gasteiger partial charge in [0, 0.05) is 15.8 Å². The average molecular weight is 259 g/mol. The summed E-state index contributed by atoms with van der Waals surface area (Å²) in [6.45, 7) is 6.71. The van der Waals surface area contributed by atoms with Crippen LogP contribution < -0.4 is 5.32 Å². The summed E-state index contributed by atoms with van der Waals surface area (Å²) >= 11 is 1.89. The zero-order chi connectivity index (χ0) is 13.1. The van der Waals surface area contributed by atoms with E-state index in [1.54, 1.807) is 0 Å². The van der Waals surface area contributed by atoms with Gasteiger partial charge >= 0.3 is 0 Å².